The Kier molecular flexibility index (Phi) is 5.58. The molecule has 2 aromatic carbocycles. The monoisotopic (exact) mass is 443 g/mol. The molecular weight excluding hydrogens is 420 g/mol. The van der Waals surface area contributed by atoms with Crippen LogP contribution in [0.15, 0.2) is 71.2 Å². The first kappa shape index (κ1) is 21.2. The zero-order valence-corrected chi connectivity index (χ0v) is 18.1. The molecule has 0 amide bonds. The molecule has 0 aromatic heterocycles. The van der Waals surface area contributed by atoms with Crippen molar-refractivity contribution < 1.29 is 29.0 Å². The van der Waals surface area contributed by atoms with Gasteiger partial charge in [-0.3, -0.25) is 9.59 Å². The number of Topliss-reactive ketones (excluding diaryl/α,β-unsaturated/α-hetero) is 2. The SMILES string of the molecule is O=C1CCCC2=C1C(c1cccc(OCc3ccc(C(=O)[O-])cc3)c1)C1=C(CCCC1=O)O2. The van der Waals surface area contributed by atoms with Gasteiger partial charge in [0.2, 0.25) is 0 Å². The molecule has 1 aliphatic heterocycles. The molecule has 0 bridgehead atoms. The standard InChI is InChI=1S/C27H24O6/c28-20-6-2-8-22-25(20)24(26-21(29)7-3-9-23(26)33-22)18-4-1-5-19(14-18)32-15-16-10-12-17(13-11-16)27(30)31/h1,4-5,10-14,24H,2-3,6-9,15H2,(H,30,31)/p-1. The molecule has 2 aliphatic carbocycles. The van der Waals surface area contributed by atoms with Crippen LogP contribution in [0.1, 0.15) is 65.9 Å². The van der Waals surface area contributed by atoms with Crippen molar-refractivity contribution in [3.05, 3.63) is 87.9 Å². The molecule has 1 heterocycles. The summed E-state index contributed by atoms with van der Waals surface area (Å²) in [6.45, 7) is 0.254. The van der Waals surface area contributed by atoms with E-state index >= 15 is 0 Å². The quantitative estimate of drug-likeness (QED) is 0.699. The summed E-state index contributed by atoms with van der Waals surface area (Å²) in [5, 5.41) is 10.9. The van der Waals surface area contributed by atoms with E-state index in [4.69, 9.17) is 9.47 Å². The third kappa shape index (κ3) is 4.09. The van der Waals surface area contributed by atoms with Gasteiger partial charge in [-0.05, 0) is 41.7 Å². The van der Waals surface area contributed by atoms with Gasteiger partial charge in [-0.25, -0.2) is 0 Å². The van der Waals surface area contributed by atoms with Crippen LogP contribution in [0.2, 0.25) is 0 Å². The van der Waals surface area contributed by atoms with Gasteiger partial charge < -0.3 is 19.4 Å². The summed E-state index contributed by atoms with van der Waals surface area (Å²) in [6, 6.07) is 13.8. The van der Waals surface area contributed by atoms with Crippen LogP contribution in [0.25, 0.3) is 0 Å². The summed E-state index contributed by atoms with van der Waals surface area (Å²) in [4.78, 5) is 36.8. The first-order valence-electron chi connectivity index (χ1n) is 11.2. The first-order chi connectivity index (χ1) is 16.0. The average Bonchev–Trinajstić information content (AvgIpc) is 2.82. The van der Waals surface area contributed by atoms with Crippen LogP contribution in [-0.2, 0) is 20.9 Å². The van der Waals surface area contributed by atoms with Gasteiger partial charge in [0.05, 0.1) is 5.97 Å². The maximum Gasteiger partial charge on any atom is 0.163 e. The van der Waals surface area contributed by atoms with Crippen LogP contribution in [0.3, 0.4) is 0 Å². The summed E-state index contributed by atoms with van der Waals surface area (Å²) in [6.07, 6.45) is 3.88. The van der Waals surface area contributed by atoms with E-state index in [-0.39, 0.29) is 23.7 Å². The predicted molar refractivity (Wildman–Crippen MR) is 117 cm³/mol. The van der Waals surface area contributed by atoms with Gasteiger partial charge in [0, 0.05) is 42.7 Å². The minimum Gasteiger partial charge on any atom is -0.545 e. The molecule has 168 valence electrons. The van der Waals surface area contributed by atoms with E-state index < -0.39 is 11.9 Å². The molecule has 0 atom stereocenters. The van der Waals surface area contributed by atoms with Gasteiger partial charge in [0.15, 0.2) is 11.6 Å². The Morgan fingerprint density at radius 3 is 2.15 bits per heavy atom. The Morgan fingerprint density at radius 1 is 0.909 bits per heavy atom. The van der Waals surface area contributed by atoms with Crippen molar-refractivity contribution in [1.29, 1.82) is 0 Å². The van der Waals surface area contributed by atoms with Gasteiger partial charge >= 0.3 is 0 Å². The Balaban J connectivity index is 1.45. The van der Waals surface area contributed by atoms with Crippen LogP contribution in [0.4, 0.5) is 0 Å². The molecule has 6 nitrogen and oxygen atoms in total. The summed E-state index contributed by atoms with van der Waals surface area (Å²) in [5.41, 5.74) is 3.00. The van der Waals surface area contributed by atoms with Crippen molar-refractivity contribution in [3.8, 4) is 5.75 Å². The van der Waals surface area contributed by atoms with E-state index in [2.05, 4.69) is 0 Å². The molecule has 0 N–H and O–H groups in total. The highest BCUT2D eigenvalue weighted by Gasteiger charge is 2.41. The number of aromatic carboxylic acids is 1. The zero-order chi connectivity index (χ0) is 22.9. The number of carboxylic acids is 1. The average molecular weight is 443 g/mol. The number of benzene rings is 2. The van der Waals surface area contributed by atoms with Gasteiger partial charge in [-0.15, -0.1) is 0 Å². The number of hydrogen-bond donors (Lipinski definition) is 0. The molecule has 3 aliphatic rings. The van der Waals surface area contributed by atoms with Crippen molar-refractivity contribution >= 4 is 17.5 Å². The van der Waals surface area contributed by atoms with E-state index in [9.17, 15) is 19.5 Å². The summed E-state index contributed by atoms with van der Waals surface area (Å²) in [5.74, 6) is 0.488. The summed E-state index contributed by atoms with van der Waals surface area (Å²) >= 11 is 0. The maximum absolute atomic E-state index is 12.9. The fraction of sp³-hybridized carbons (Fsp3) is 0.296. The van der Waals surface area contributed by atoms with Crippen molar-refractivity contribution in [3.63, 3.8) is 0 Å². The third-order valence-corrected chi connectivity index (χ3v) is 6.43. The highest BCUT2D eigenvalue weighted by atomic mass is 16.5. The smallest absolute Gasteiger partial charge is 0.163 e. The van der Waals surface area contributed by atoms with Crippen LogP contribution in [-0.4, -0.2) is 17.5 Å². The van der Waals surface area contributed by atoms with Crippen LogP contribution in [0.5, 0.6) is 5.75 Å². The number of allylic oxidation sites excluding steroid dienone is 4. The van der Waals surface area contributed by atoms with Gasteiger partial charge in [0.25, 0.3) is 0 Å². The lowest BCUT2D eigenvalue weighted by Crippen LogP contribution is -2.30. The second-order valence-corrected chi connectivity index (χ2v) is 8.61. The molecule has 0 saturated carbocycles. The molecule has 0 unspecified atom stereocenters. The van der Waals surface area contributed by atoms with E-state index in [1.54, 1.807) is 12.1 Å². The highest BCUT2D eigenvalue weighted by Crippen LogP contribution is 2.48. The number of hydrogen-bond acceptors (Lipinski definition) is 6. The van der Waals surface area contributed by atoms with Crippen LogP contribution < -0.4 is 9.84 Å². The predicted octanol–water partition coefficient (Wildman–Crippen LogP) is 3.76. The Bertz CT molecular complexity index is 1160. The van der Waals surface area contributed by atoms with E-state index in [0.29, 0.717) is 54.1 Å². The number of ether oxygens (including phenoxy) is 2. The Hall–Kier alpha value is -3.67. The van der Waals surface area contributed by atoms with E-state index in [1.165, 1.54) is 12.1 Å². The lowest BCUT2D eigenvalue weighted by atomic mass is 9.73. The minimum atomic E-state index is -1.22. The number of rotatable bonds is 5. The topological polar surface area (TPSA) is 92.7 Å². The lowest BCUT2D eigenvalue weighted by Gasteiger charge is -2.36. The fourth-order valence-corrected chi connectivity index (χ4v) is 4.84. The number of carbonyl (C=O) groups excluding carboxylic acids is 3. The van der Waals surface area contributed by atoms with Crippen molar-refractivity contribution in [1.82, 2.24) is 0 Å². The van der Waals surface area contributed by atoms with Gasteiger partial charge in [0.1, 0.15) is 23.9 Å². The Morgan fingerprint density at radius 2 is 1.55 bits per heavy atom. The highest BCUT2D eigenvalue weighted by molar-refractivity contribution is 6.05. The molecule has 0 spiro atoms. The molecular formula is C27H23O6-. The second kappa shape index (κ2) is 8.70. The molecule has 0 saturated heterocycles. The molecule has 6 heteroatoms. The third-order valence-electron chi connectivity index (χ3n) is 6.43. The van der Waals surface area contributed by atoms with Crippen molar-refractivity contribution in [2.24, 2.45) is 0 Å². The zero-order valence-electron chi connectivity index (χ0n) is 18.1. The largest absolute Gasteiger partial charge is 0.545 e. The van der Waals surface area contributed by atoms with E-state index in [0.717, 1.165) is 24.0 Å². The minimum absolute atomic E-state index is 0.0468. The number of carboxylic acid groups (broad SMARTS) is 1. The molecule has 0 radical (unpaired) electrons. The molecule has 33 heavy (non-hydrogen) atoms. The van der Waals surface area contributed by atoms with Crippen LogP contribution in [0, 0.1) is 0 Å². The second-order valence-electron chi connectivity index (χ2n) is 8.61. The lowest BCUT2D eigenvalue weighted by molar-refractivity contribution is -0.255. The maximum atomic E-state index is 12.9. The molecule has 0 fully saturated rings. The van der Waals surface area contributed by atoms with Crippen molar-refractivity contribution in [2.45, 2.75) is 51.0 Å². The van der Waals surface area contributed by atoms with E-state index in [1.807, 2.05) is 24.3 Å². The fourth-order valence-electron chi connectivity index (χ4n) is 4.84. The van der Waals surface area contributed by atoms with Crippen LogP contribution >= 0.6 is 0 Å². The Labute approximate surface area is 191 Å². The van der Waals surface area contributed by atoms with Gasteiger partial charge in [-0.1, -0.05) is 36.4 Å². The summed E-state index contributed by atoms with van der Waals surface area (Å²) in [7, 11) is 0. The summed E-state index contributed by atoms with van der Waals surface area (Å²) < 4.78 is 12.0. The normalized spacial score (nSPS) is 18.5. The number of ketones is 2. The first-order valence-corrected chi connectivity index (χ1v) is 11.2. The van der Waals surface area contributed by atoms with Crippen molar-refractivity contribution in [2.75, 3.05) is 0 Å². The number of carbonyl (C=O) groups is 3. The molecule has 5 rings (SSSR count). The molecule has 2 aromatic rings. The van der Waals surface area contributed by atoms with Gasteiger partial charge in [-0.2, -0.15) is 0 Å².